The molecule has 1 aromatic heterocycles. The molecule has 1 heterocycles. The molecule has 0 spiro atoms. The molecule has 0 saturated heterocycles. The lowest BCUT2D eigenvalue weighted by Gasteiger charge is -2.20. The molecule has 114 valence electrons. The van der Waals surface area contributed by atoms with Crippen LogP contribution in [0.15, 0.2) is 36.7 Å². The first-order valence-corrected chi connectivity index (χ1v) is 7.51. The summed E-state index contributed by atoms with van der Waals surface area (Å²) in [7, 11) is 1.66. The van der Waals surface area contributed by atoms with E-state index >= 15 is 0 Å². The zero-order chi connectivity index (χ0) is 15.2. The number of imidazole rings is 1. The fourth-order valence-electron chi connectivity index (χ4n) is 2.59. The van der Waals surface area contributed by atoms with Crippen LogP contribution >= 0.6 is 0 Å². The summed E-state index contributed by atoms with van der Waals surface area (Å²) in [6.45, 7) is 4.92. The molecule has 1 N–H and O–H groups in total. The van der Waals surface area contributed by atoms with Gasteiger partial charge in [-0.15, -0.1) is 0 Å². The molecule has 0 aliphatic rings. The van der Waals surface area contributed by atoms with Gasteiger partial charge < -0.3 is 14.4 Å². The predicted octanol–water partition coefficient (Wildman–Crippen LogP) is 3.41. The van der Waals surface area contributed by atoms with Crippen molar-refractivity contribution in [3.8, 4) is 5.75 Å². The molecule has 0 bridgehead atoms. The minimum atomic E-state index is -0.506. The van der Waals surface area contributed by atoms with Crippen molar-refractivity contribution in [2.75, 3.05) is 7.11 Å². The summed E-state index contributed by atoms with van der Waals surface area (Å²) in [6, 6.07) is 7.96. The van der Waals surface area contributed by atoms with Crippen LogP contribution in [0.4, 0.5) is 0 Å². The molecule has 21 heavy (non-hydrogen) atoms. The molecule has 1 atom stereocenters. The van der Waals surface area contributed by atoms with E-state index in [0.29, 0.717) is 6.54 Å². The van der Waals surface area contributed by atoms with Crippen molar-refractivity contribution < 1.29 is 9.84 Å². The van der Waals surface area contributed by atoms with Gasteiger partial charge in [0.05, 0.1) is 7.11 Å². The summed E-state index contributed by atoms with van der Waals surface area (Å²) in [6.07, 6.45) is 5.07. The van der Waals surface area contributed by atoms with Gasteiger partial charge in [0.2, 0.25) is 0 Å². The van der Waals surface area contributed by atoms with E-state index in [1.807, 2.05) is 35.0 Å². The lowest BCUT2D eigenvalue weighted by molar-refractivity contribution is 0.0915. The van der Waals surface area contributed by atoms with Gasteiger partial charge in [0.15, 0.2) is 0 Å². The lowest BCUT2D eigenvalue weighted by Crippen LogP contribution is -2.17. The topological polar surface area (TPSA) is 47.3 Å². The Morgan fingerprint density at radius 3 is 2.43 bits per heavy atom. The van der Waals surface area contributed by atoms with Gasteiger partial charge in [0.1, 0.15) is 17.7 Å². The SMILES string of the molecule is CCC(CC)C(O)c1nccn1Cc1ccc(OC)cc1. The van der Waals surface area contributed by atoms with Crippen molar-refractivity contribution in [3.05, 3.63) is 48.0 Å². The molecular formula is C17H24N2O2. The quantitative estimate of drug-likeness (QED) is 0.849. The van der Waals surface area contributed by atoms with Crippen LogP contribution in [0, 0.1) is 5.92 Å². The molecule has 1 aromatic carbocycles. The smallest absolute Gasteiger partial charge is 0.138 e. The first-order chi connectivity index (χ1) is 10.2. The molecule has 0 aliphatic carbocycles. The van der Waals surface area contributed by atoms with E-state index in [2.05, 4.69) is 18.8 Å². The largest absolute Gasteiger partial charge is 0.497 e. The molecule has 4 nitrogen and oxygen atoms in total. The van der Waals surface area contributed by atoms with E-state index in [-0.39, 0.29) is 5.92 Å². The summed E-state index contributed by atoms with van der Waals surface area (Å²) in [4.78, 5) is 4.35. The molecular weight excluding hydrogens is 264 g/mol. The Hall–Kier alpha value is -1.81. The highest BCUT2D eigenvalue weighted by Gasteiger charge is 2.21. The standard InChI is InChI=1S/C17H24N2O2/c1-4-14(5-2)16(20)17-18-10-11-19(17)12-13-6-8-15(21-3)9-7-13/h6-11,14,16,20H,4-5,12H2,1-3H3. The average Bonchev–Trinajstić information content (AvgIpc) is 2.97. The summed E-state index contributed by atoms with van der Waals surface area (Å²) in [5.74, 6) is 1.85. The third-order valence-corrected chi connectivity index (χ3v) is 4.02. The van der Waals surface area contributed by atoms with Crippen LogP contribution in [-0.2, 0) is 6.54 Å². The van der Waals surface area contributed by atoms with Crippen LogP contribution < -0.4 is 4.74 Å². The van der Waals surface area contributed by atoms with Crippen LogP contribution in [0.2, 0.25) is 0 Å². The highest BCUT2D eigenvalue weighted by atomic mass is 16.5. The summed E-state index contributed by atoms with van der Waals surface area (Å²) < 4.78 is 7.19. The van der Waals surface area contributed by atoms with Gasteiger partial charge in [0, 0.05) is 18.9 Å². The fraction of sp³-hybridized carbons (Fsp3) is 0.471. The number of benzene rings is 1. The van der Waals surface area contributed by atoms with Crippen LogP contribution in [0.1, 0.15) is 44.2 Å². The molecule has 4 heteroatoms. The Bertz CT molecular complexity index is 544. The number of ether oxygens (including phenoxy) is 1. The Balaban J connectivity index is 2.15. The average molecular weight is 288 g/mol. The molecule has 0 saturated carbocycles. The van der Waals surface area contributed by atoms with Gasteiger partial charge in [-0.1, -0.05) is 38.8 Å². The number of rotatable bonds is 7. The minimum Gasteiger partial charge on any atom is -0.497 e. The van der Waals surface area contributed by atoms with E-state index in [9.17, 15) is 5.11 Å². The van der Waals surface area contributed by atoms with E-state index < -0.39 is 6.10 Å². The van der Waals surface area contributed by atoms with Crippen molar-refractivity contribution in [3.63, 3.8) is 0 Å². The maximum atomic E-state index is 10.5. The number of aliphatic hydroxyl groups excluding tert-OH is 1. The number of hydrogen-bond donors (Lipinski definition) is 1. The third-order valence-electron chi connectivity index (χ3n) is 4.02. The summed E-state index contributed by atoms with van der Waals surface area (Å²) in [5.41, 5.74) is 1.16. The van der Waals surface area contributed by atoms with Gasteiger partial charge in [-0.05, 0) is 23.6 Å². The minimum absolute atomic E-state index is 0.252. The van der Waals surface area contributed by atoms with Gasteiger partial charge in [0.25, 0.3) is 0 Å². The molecule has 0 amide bonds. The zero-order valence-corrected chi connectivity index (χ0v) is 13.0. The Kier molecular flexibility index (Phi) is 5.39. The number of aliphatic hydroxyl groups is 1. The van der Waals surface area contributed by atoms with E-state index in [1.54, 1.807) is 13.3 Å². The van der Waals surface area contributed by atoms with Crippen LogP contribution in [0.25, 0.3) is 0 Å². The fourth-order valence-corrected chi connectivity index (χ4v) is 2.59. The van der Waals surface area contributed by atoms with E-state index in [4.69, 9.17) is 4.74 Å². The van der Waals surface area contributed by atoms with Gasteiger partial charge in [-0.25, -0.2) is 4.98 Å². The summed E-state index contributed by atoms with van der Waals surface area (Å²) in [5, 5.41) is 10.5. The van der Waals surface area contributed by atoms with Crippen LogP contribution in [-0.4, -0.2) is 21.8 Å². The number of hydrogen-bond acceptors (Lipinski definition) is 3. The normalized spacial score (nSPS) is 12.6. The second-order valence-corrected chi connectivity index (χ2v) is 5.28. The maximum Gasteiger partial charge on any atom is 0.138 e. The third kappa shape index (κ3) is 3.64. The monoisotopic (exact) mass is 288 g/mol. The van der Waals surface area contributed by atoms with Crippen molar-refractivity contribution in [1.82, 2.24) is 9.55 Å². The van der Waals surface area contributed by atoms with Crippen molar-refractivity contribution >= 4 is 0 Å². The number of aromatic nitrogens is 2. The first kappa shape index (κ1) is 15.6. The second-order valence-electron chi connectivity index (χ2n) is 5.28. The lowest BCUT2D eigenvalue weighted by atomic mass is 9.96. The van der Waals surface area contributed by atoms with Crippen LogP contribution in [0.5, 0.6) is 5.75 Å². The van der Waals surface area contributed by atoms with Crippen molar-refractivity contribution in [1.29, 1.82) is 0 Å². The van der Waals surface area contributed by atoms with Crippen molar-refractivity contribution in [2.45, 2.75) is 39.3 Å². The molecule has 2 rings (SSSR count). The first-order valence-electron chi connectivity index (χ1n) is 7.51. The van der Waals surface area contributed by atoms with E-state index in [1.165, 1.54) is 0 Å². The number of methoxy groups -OCH3 is 1. The molecule has 1 unspecified atom stereocenters. The number of nitrogens with zero attached hydrogens (tertiary/aromatic N) is 2. The Morgan fingerprint density at radius 2 is 1.86 bits per heavy atom. The maximum absolute atomic E-state index is 10.5. The zero-order valence-electron chi connectivity index (χ0n) is 13.0. The second kappa shape index (κ2) is 7.27. The highest BCUT2D eigenvalue weighted by Crippen LogP contribution is 2.26. The highest BCUT2D eigenvalue weighted by molar-refractivity contribution is 5.27. The van der Waals surface area contributed by atoms with E-state index in [0.717, 1.165) is 30.0 Å². The predicted molar refractivity (Wildman–Crippen MR) is 83.4 cm³/mol. The Labute approximate surface area is 126 Å². The molecule has 0 radical (unpaired) electrons. The van der Waals surface area contributed by atoms with Crippen molar-refractivity contribution in [2.24, 2.45) is 5.92 Å². The molecule has 0 aliphatic heterocycles. The molecule has 0 fully saturated rings. The van der Waals surface area contributed by atoms with Gasteiger partial charge in [-0.3, -0.25) is 0 Å². The van der Waals surface area contributed by atoms with Gasteiger partial charge in [-0.2, -0.15) is 0 Å². The van der Waals surface area contributed by atoms with Crippen LogP contribution in [0.3, 0.4) is 0 Å². The summed E-state index contributed by atoms with van der Waals surface area (Å²) >= 11 is 0. The van der Waals surface area contributed by atoms with Gasteiger partial charge >= 0.3 is 0 Å². The molecule has 2 aromatic rings. The Morgan fingerprint density at radius 1 is 1.19 bits per heavy atom.